The summed E-state index contributed by atoms with van der Waals surface area (Å²) in [5, 5.41) is 0. The van der Waals surface area contributed by atoms with Crippen molar-refractivity contribution in [3.63, 3.8) is 0 Å². The highest BCUT2D eigenvalue weighted by molar-refractivity contribution is 5.64. The van der Waals surface area contributed by atoms with Crippen molar-refractivity contribution >= 4 is 0 Å². The first-order valence-electron chi connectivity index (χ1n) is 12.7. The van der Waals surface area contributed by atoms with Crippen LogP contribution >= 0.6 is 0 Å². The van der Waals surface area contributed by atoms with Crippen LogP contribution in [0, 0.1) is 0 Å². The van der Waals surface area contributed by atoms with Crippen molar-refractivity contribution in [2.45, 2.75) is 96.7 Å². The Labute approximate surface area is 190 Å². The minimum atomic E-state index is 0.0658. The lowest BCUT2D eigenvalue weighted by Crippen LogP contribution is -2.31. The fraction of sp³-hybridized carbons (Fsp3) is 0.586. The number of hydrogen-bond acceptors (Lipinski definition) is 2. The van der Waals surface area contributed by atoms with Crippen molar-refractivity contribution in [1.82, 2.24) is 0 Å². The molecule has 0 saturated carbocycles. The molecule has 2 nitrogen and oxygen atoms in total. The van der Waals surface area contributed by atoms with Gasteiger partial charge in [-0.1, -0.05) is 114 Å². The molecule has 1 aliphatic rings. The first kappa shape index (κ1) is 24.0. The summed E-state index contributed by atoms with van der Waals surface area (Å²) in [6.45, 7) is 5.91. The Morgan fingerprint density at radius 1 is 0.645 bits per heavy atom. The van der Waals surface area contributed by atoms with E-state index < -0.39 is 0 Å². The van der Waals surface area contributed by atoms with Gasteiger partial charge < -0.3 is 9.47 Å². The van der Waals surface area contributed by atoms with Crippen LogP contribution < -0.4 is 0 Å². The molecule has 2 aromatic carbocycles. The van der Waals surface area contributed by atoms with Crippen molar-refractivity contribution in [3.05, 3.63) is 59.7 Å². The second-order valence-electron chi connectivity index (χ2n) is 9.11. The smallest absolute Gasteiger partial charge is 0.106 e. The molecule has 0 bridgehead atoms. The zero-order valence-electron chi connectivity index (χ0n) is 19.8. The molecule has 1 saturated heterocycles. The molecule has 0 aromatic heterocycles. The van der Waals surface area contributed by atoms with Crippen LogP contribution in [0.1, 0.15) is 95.3 Å². The lowest BCUT2D eigenvalue weighted by atomic mass is 9.99. The maximum Gasteiger partial charge on any atom is 0.106 e. The van der Waals surface area contributed by atoms with Crippen LogP contribution in [-0.2, 0) is 15.9 Å². The van der Waals surface area contributed by atoms with Crippen LogP contribution in [0.3, 0.4) is 0 Å². The number of aryl methyl sites for hydroxylation is 1. The molecule has 0 N–H and O–H groups in total. The number of benzene rings is 2. The highest BCUT2D eigenvalue weighted by atomic mass is 16.6. The SMILES string of the molecule is CCCCCCCc1ccc(-c2ccc([C@@H]3CO[C@@H](CCCCCC)CO3)cc2)cc1. The molecule has 0 aliphatic carbocycles. The summed E-state index contributed by atoms with van der Waals surface area (Å²) in [4.78, 5) is 0. The van der Waals surface area contributed by atoms with Gasteiger partial charge in [0.05, 0.1) is 19.3 Å². The second kappa shape index (κ2) is 13.7. The molecule has 0 unspecified atom stereocenters. The van der Waals surface area contributed by atoms with Crippen molar-refractivity contribution < 1.29 is 9.47 Å². The van der Waals surface area contributed by atoms with E-state index in [1.165, 1.54) is 86.5 Å². The summed E-state index contributed by atoms with van der Waals surface area (Å²) in [5.74, 6) is 0. The van der Waals surface area contributed by atoms with Gasteiger partial charge in [-0.15, -0.1) is 0 Å². The molecule has 2 atom stereocenters. The zero-order valence-corrected chi connectivity index (χ0v) is 19.8. The van der Waals surface area contributed by atoms with Gasteiger partial charge in [0.2, 0.25) is 0 Å². The number of unbranched alkanes of at least 4 members (excludes halogenated alkanes) is 7. The molecule has 1 fully saturated rings. The Morgan fingerprint density at radius 2 is 1.26 bits per heavy atom. The Hall–Kier alpha value is -1.64. The lowest BCUT2D eigenvalue weighted by molar-refractivity contribution is -0.137. The Bertz CT molecular complexity index is 711. The van der Waals surface area contributed by atoms with E-state index >= 15 is 0 Å². The maximum atomic E-state index is 6.13. The minimum absolute atomic E-state index is 0.0658. The molecule has 2 aromatic rings. The first-order valence-corrected chi connectivity index (χ1v) is 12.7. The minimum Gasteiger partial charge on any atom is -0.373 e. The number of ether oxygens (including phenoxy) is 2. The molecule has 0 spiro atoms. The molecule has 0 amide bonds. The van der Waals surface area contributed by atoms with E-state index in [1.807, 2.05) is 0 Å². The summed E-state index contributed by atoms with van der Waals surface area (Å²) in [6.07, 6.45) is 14.5. The van der Waals surface area contributed by atoms with Gasteiger partial charge >= 0.3 is 0 Å². The Kier molecular flexibility index (Phi) is 10.6. The summed E-state index contributed by atoms with van der Waals surface area (Å²) < 4.78 is 12.2. The van der Waals surface area contributed by atoms with E-state index in [4.69, 9.17) is 9.47 Å². The predicted molar refractivity (Wildman–Crippen MR) is 132 cm³/mol. The van der Waals surface area contributed by atoms with Crippen molar-refractivity contribution in [3.8, 4) is 11.1 Å². The molecule has 3 rings (SSSR count). The molecule has 0 radical (unpaired) electrons. The van der Waals surface area contributed by atoms with Gasteiger partial charge in [-0.25, -0.2) is 0 Å². The predicted octanol–water partition coefficient (Wildman–Crippen LogP) is 8.29. The highest BCUT2D eigenvalue weighted by Crippen LogP contribution is 2.28. The first-order chi connectivity index (χ1) is 15.3. The second-order valence-corrected chi connectivity index (χ2v) is 9.11. The summed E-state index contributed by atoms with van der Waals surface area (Å²) >= 11 is 0. The molecule has 1 aliphatic heterocycles. The normalized spacial score (nSPS) is 18.9. The standard InChI is InChI=1S/C29H42O2/c1-3-5-7-9-10-12-24-14-16-25(17-15-24)26-18-20-27(21-19-26)29-23-30-28(22-31-29)13-11-8-6-4-2/h14-21,28-29H,3-13,22-23H2,1-2H3/t28-,29-/m0/s1. The largest absolute Gasteiger partial charge is 0.373 e. The molecule has 170 valence electrons. The summed E-state index contributed by atoms with van der Waals surface area (Å²) in [7, 11) is 0. The van der Waals surface area contributed by atoms with E-state index in [0.29, 0.717) is 6.61 Å². The number of hydrogen-bond donors (Lipinski definition) is 0. The third-order valence-electron chi connectivity index (χ3n) is 6.48. The monoisotopic (exact) mass is 422 g/mol. The van der Waals surface area contributed by atoms with Crippen LogP contribution in [0.5, 0.6) is 0 Å². The zero-order chi connectivity index (χ0) is 21.7. The fourth-order valence-electron chi connectivity index (χ4n) is 4.39. The third kappa shape index (κ3) is 8.09. The van der Waals surface area contributed by atoms with Gasteiger partial charge in [0, 0.05) is 0 Å². The highest BCUT2D eigenvalue weighted by Gasteiger charge is 2.23. The van der Waals surface area contributed by atoms with Gasteiger partial charge in [-0.3, -0.25) is 0 Å². The molecule has 2 heteroatoms. The van der Waals surface area contributed by atoms with Crippen LogP contribution in [-0.4, -0.2) is 19.3 Å². The van der Waals surface area contributed by atoms with Crippen LogP contribution in [0.15, 0.2) is 48.5 Å². The average Bonchev–Trinajstić information content (AvgIpc) is 2.83. The van der Waals surface area contributed by atoms with E-state index in [9.17, 15) is 0 Å². The molecular formula is C29H42O2. The van der Waals surface area contributed by atoms with E-state index in [0.717, 1.165) is 13.0 Å². The van der Waals surface area contributed by atoms with Crippen LogP contribution in [0.2, 0.25) is 0 Å². The van der Waals surface area contributed by atoms with Crippen molar-refractivity contribution in [1.29, 1.82) is 0 Å². The third-order valence-corrected chi connectivity index (χ3v) is 6.48. The van der Waals surface area contributed by atoms with Crippen molar-refractivity contribution in [2.75, 3.05) is 13.2 Å². The van der Waals surface area contributed by atoms with E-state index in [2.05, 4.69) is 62.4 Å². The summed E-state index contributed by atoms with van der Waals surface area (Å²) in [5.41, 5.74) is 5.23. The van der Waals surface area contributed by atoms with Crippen molar-refractivity contribution in [2.24, 2.45) is 0 Å². The molecular weight excluding hydrogens is 380 g/mol. The Balaban J connectivity index is 1.44. The topological polar surface area (TPSA) is 18.5 Å². The van der Waals surface area contributed by atoms with E-state index in [1.54, 1.807) is 0 Å². The van der Waals surface area contributed by atoms with Gasteiger partial charge in [0.1, 0.15) is 6.10 Å². The van der Waals surface area contributed by atoms with Gasteiger partial charge in [-0.2, -0.15) is 0 Å². The van der Waals surface area contributed by atoms with Crippen LogP contribution in [0.4, 0.5) is 0 Å². The summed E-state index contributed by atoms with van der Waals surface area (Å²) in [6, 6.07) is 18.0. The van der Waals surface area contributed by atoms with Gasteiger partial charge in [0.15, 0.2) is 0 Å². The van der Waals surface area contributed by atoms with Gasteiger partial charge in [0.25, 0.3) is 0 Å². The fourth-order valence-corrected chi connectivity index (χ4v) is 4.39. The number of rotatable bonds is 13. The quantitative estimate of drug-likeness (QED) is 0.302. The van der Waals surface area contributed by atoms with Crippen LogP contribution in [0.25, 0.3) is 11.1 Å². The van der Waals surface area contributed by atoms with E-state index in [-0.39, 0.29) is 12.2 Å². The lowest BCUT2D eigenvalue weighted by Gasteiger charge is -2.30. The Morgan fingerprint density at radius 3 is 1.87 bits per heavy atom. The van der Waals surface area contributed by atoms with Gasteiger partial charge in [-0.05, 0) is 41.5 Å². The molecule has 1 heterocycles. The average molecular weight is 423 g/mol. The molecule has 31 heavy (non-hydrogen) atoms. The maximum absolute atomic E-state index is 6.13.